The second kappa shape index (κ2) is 5.29. The first kappa shape index (κ1) is 15.0. The summed E-state index contributed by atoms with van der Waals surface area (Å²) < 4.78 is 18.3. The molecular weight excluding hydrogens is 310 g/mol. The van der Waals surface area contributed by atoms with Gasteiger partial charge in [0.25, 0.3) is 0 Å². The Morgan fingerprint density at radius 2 is 1.88 bits per heavy atom. The van der Waals surface area contributed by atoms with Gasteiger partial charge in [0.2, 0.25) is 0 Å². The molecule has 0 aromatic heterocycles. The van der Waals surface area contributed by atoms with Crippen LogP contribution in [0.3, 0.4) is 0 Å². The monoisotopic (exact) mass is 326 g/mol. The van der Waals surface area contributed by atoms with E-state index in [4.69, 9.17) is 4.52 Å². The third kappa shape index (κ3) is 4.98. The summed E-state index contributed by atoms with van der Waals surface area (Å²) >= 11 is 3.24. The fourth-order valence-electron chi connectivity index (χ4n) is 1.69. The quantitative estimate of drug-likeness (QED) is 0.645. The summed E-state index contributed by atoms with van der Waals surface area (Å²) in [6, 6.07) is 4.43. The molecular formula is C11H17BrFO3P. The number of hydrogen-bond donors (Lipinski definition) is 2. The van der Waals surface area contributed by atoms with Crippen LogP contribution in [0.4, 0.5) is 4.39 Å². The van der Waals surface area contributed by atoms with Crippen molar-refractivity contribution in [1.82, 2.24) is 0 Å². The van der Waals surface area contributed by atoms with Crippen molar-refractivity contribution in [2.45, 2.75) is 18.4 Å². The normalized spacial score (nSPS) is 14.4. The number of halogens is 2. The van der Waals surface area contributed by atoms with Crippen LogP contribution in [0.15, 0.2) is 18.2 Å². The molecule has 0 aliphatic rings. The van der Waals surface area contributed by atoms with E-state index in [1.807, 2.05) is 0 Å². The van der Waals surface area contributed by atoms with Gasteiger partial charge in [0.1, 0.15) is 0 Å². The Balaban J connectivity index is 2.98. The van der Waals surface area contributed by atoms with Crippen LogP contribution >= 0.6 is 23.2 Å². The van der Waals surface area contributed by atoms with Gasteiger partial charge in [-0.05, 0) is 0 Å². The zero-order valence-corrected chi connectivity index (χ0v) is 12.3. The molecule has 0 saturated carbocycles. The summed E-state index contributed by atoms with van der Waals surface area (Å²) in [4.78, 5) is 20.0. The van der Waals surface area contributed by atoms with Gasteiger partial charge in [-0.1, -0.05) is 0 Å². The van der Waals surface area contributed by atoms with Crippen molar-refractivity contribution in [3.8, 4) is 0 Å². The zero-order valence-electron chi connectivity index (χ0n) is 9.86. The molecule has 98 valence electrons. The van der Waals surface area contributed by atoms with Crippen LogP contribution in [0.5, 0.6) is 0 Å². The van der Waals surface area contributed by atoms with Crippen LogP contribution in [0.1, 0.15) is 18.1 Å². The third-order valence-corrected chi connectivity index (χ3v) is 4.85. The van der Waals surface area contributed by atoms with Crippen LogP contribution in [0.2, 0.25) is 0 Å². The molecule has 1 aromatic carbocycles. The summed E-state index contributed by atoms with van der Waals surface area (Å²) in [6.45, 7) is 3.18. The van der Waals surface area contributed by atoms with E-state index in [9.17, 15) is 14.2 Å². The van der Waals surface area contributed by atoms with Crippen LogP contribution in [0, 0.1) is 5.82 Å². The Hall–Kier alpha value is -0.0600. The van der Waals surface area contributed by atoms with Crippen molar-refractivity contribution < 1.29 is 18.7 Å². The third-order valence-electron chi connectivity index (χ3n) is 2.18. The molecule has 0 fully saturated rings. The predicted molar refractivity (Wildman–Crippen MR) is 71.6 cm³/mol. The minimum absolute atomic E-state index is 0.0722. The van der Waals surface area contributed by atoms with E-state index in [2.05, 4.69) is 15.9 Å². The van der Waals surface area contributed by atoms with Crippen molar-refractivity contribution in [3.63, 3.8) is 0 Å². The van der Waals surface area contributed by atoms with E-state index >= 15 is 0 Å². The maximum atomic E-state index is 13.3. The molecule has 1 rings (SSSR count). The Labute approximate surface area is 109 Å². The molecule has 0 heterocycles. The summed E-state index contributed by atoms with van der Waals surface area (Å²) in [5.74, 6) is -0.389. The molecule has 1 aromatic rings. The van der Waals surface area contributed by atoms with Crippen molar-refractivity contribution in [3.05, 3.63) is 35.1 Å². The van der Waals surface area contributed by atoms with Gasteiger partial charge in [-0.15, -0.1) is 0 Å². The average Bonchev–Trinajstić information content (AvgIpc) is 2.14. The molecule has 0 saturated heterocycles. The molecule has 3 nitrogen and oxygen atoms in total. The van der Waals surface area contributed by atoms with Crippen molar-refractivity contribution in [1.29, 1.82) is 0 Å². The van der Waals surface area contributed by atoms with Gasteiger partial charge in [-0.25, -0.2) is 0 Å². The van der Waals surface area contributed by atoms with Crippen LogP contribution in [0.25, 0.3) is 0 Å². The zero-order chi connectivity index (χ0) is 13.1. The van der Waals surface area contributed by atoms with Crippen LogP contribution in [-0.4, -0.2) is 23.1 Å². The van der Waals surface area contributed by atoms with E-state index < -0.39 is 7.28 Å². The van der Waals surface area contributed by atoms with Crippen LogP contribution in [-0.2, 0) is 16.0 Å². The summed E-state index contributed by atoms with van der Waals surface area (Å²) in [5, 5.41) is 0.517. The molecule has 6 heteroatoms. The van der Waals surface area contributed by atoms with Gasteiger partial charge in [0.15, 0.2) is 0 Å². The predicted octanol–water partition coefficient (Wildman–Crippen LogP) is 3.17. The fourth-order valence-corrected chi connectivity index (χ4v) is 3.80. The van der Waals surface area contributed by atoms with Crippen molar-refractivity contribution in [2.75, 3.05) is 13.3 Å². The second-order valence-electron chi connectivity index (χ2n) is 4.24. The first-order valence-corrected chi connectivity index (χ1v) is 9.05. The summed E-state index contributed by atoms with van der Waals surface area (Å²) in [5.41, 5.74) is 1.28. The van der Waals surface area contributed by atoms with Crippen molar-refractivity contribution >= 4 is 23.2 Å². The molecule has 0 bridgehead atoms. The second-order valence-corrected chi connectivity index (χ2v) is 8.50. The average molecular weight is 327 g/mol. The van der Waals surface area contributed by atoms with E-state index in [1.165, 1.54) is 18.8 Å². The minimum atomic E-state index is -4.15. The first-order valence-electron chi connectivity index (χ1n) is 5.24. The Kier molecular flexibility index (Phi) is 4.67. The van der Waals surface area contributed by atoms with E-state index in [1.54, 1.807) is 13.0 Å². The SMILES string of the molecule is CCOP(C)(O)(O)Cc1cc(F)cc(CBr)c1. The topological polar surface area (TPSA) is 49.7 Å². The molecule has 0 atom stereocenters. The molecule has 0 radical (unpaired) electrons. The number of rotatable bonds is 5. The van der Waals surface area contributed by atoms with E-state index in [0.717, 1.165) is 5.56 Å². The number of benzene rings is 1. The molecule has 0 aliphatic heterocycles. The van der Waals surface area contributed by atoms with E-state index in [-0.39, 0.29) is 18.6 Å². The molecule has 2 N–H and O–H groups in total. The first-order chi connectivity index (χ1) is 7.73. The summed E-state index contributed by atoms with van der Waals surface area (Å²) in [7, 11) is -4.15. The van der Waals surface area contributed by atoms with E-state index in [0.29, 0.717) is 10.9 Å². The Bertz CT molecular complexity index is 403. The molecule has 0 unspecified atom stereocenters. The van der Waals surface area contributed by atoms with Gasteiger partial charge >= 0.3 is 109 Å². The summed E-state index contributed by atoms with van der Waals surface area (Å²) in [6.07, 6.45) is -0.0722. The van der Waals surface area contributed by atoms with Gasteiger partial charge in [-0.3, -0.25) is 0 Å². The van der Waals surface area contributed by atoms with Crippen molar-refractivity contribution in [2.24, 2.45) is 0 Å². The van der Waals surface area contributed by atoms with Gasteiger partial charge in [0.05, 0.1) is 0 Å². The molecule has 0 amide bonds. The molecule has 0 spiro atoms. The van der Waals surface area contributed by atoms with Gasteiger partial charge in [0, 0.05) is 0 Å². The van der Waals surface area contributed by atoms with Gasteiger partial charge < -0.3 is 0 Å². The van der Waals surface area contributed by atoms with Gasteiger partial charge in [-0.2, -0.15) is 0 Å². The molecule has 17 heavy (non-hydrogen) atoms. The molecule has 0 aliphatic carbocycles. The number of alkyl halides is 1. The fraction of sp³-hybridized carbons (Fsp3) is 0.455. The number of hydrogen-bond acceptors (Lipinski definition) is 3. The standard InChI is InChI=1S/C11H17BrFO3P/c1-3-16-17(2,14,15)8-10-4-9(7-12)5-11(13)6-10/h4-6,14-15H,3,7-8H2,1-2H3. The Morgan fingerprint density at radius 1 is 1.29 bits per heavy atom. The van der Waals surface area contributed by atoms with Crippen LogP contribution < -0.4 is 0 Å². The maximum absolute atomic E-state index is 13.3. The Morgan fingerprint density at radius 3 is 2.41 bits per heavy atom.